The van der Waals surface area contributed by atoms with E-state index in [-0.39, 0.29) is 0 Å². The molecule has 0 aromatic carbocycles. The summed E-state index contributed by atoms with van der Waals surface area (Å²) >= 11 is 7.30. The molecule has 0 bridgehead atoms. The van der Waals surface area contributed by atoms with E-state index >= 15 is 0 Å². The van der Waals surface area contributed by atoms with Crippen molar-refractivity contribution in [1.82, 2.24) is 9.97 Å². The first-order valence-corrected chi connectivity index (χ1v) is 5.73. The van der Waals surface area contributed by atoms with Crippen molar-refractivity contribution in [1.29, 1.82) is 0 Å². The van der Waals surface area contributed by atoms with Crippen LogP contribution in [0.4, 0.5) is 5.13 Å². The Balaban J connectivity index is 2.07. The molecule has 0 amide bonds. The van der Waals surface area contributed by atoms with E-state index in [1.54, 1.807) is 6.20 Å². The van der Waals surface area contributed by atoms with Crippen LogP contribution in [-0.2, 0) is 6.54 Å². The first-order valence-electron chi connectivity index (χ1n) is 4.48. The molecule has 0 saturated heterocycles. The quantitative estimate of drug-likeness (QED) is 0.825. The normalized spacial score (nSPS) is 10.3. The number of aromatic nitrogens is 2. The Bertz CT molecular complexity index is 429. The van der Waals surface area contributed by atoms with Gasteiger partial charge in [0.1, 0.15) is 5.15 Å². The van der Waals surface area contributed by atoms with Gasteiger partial charge in [0.25, 0.3) is 0 Å². The van der Waals surface area contributed by atoms with Gasteiger partial charge in [-0.25, -0.2) is 4.98 Å². The second kappa shape index (κ2) is 4.59. The highest BCUT2D eigenvalue weighted by molar-refractivity contribution is 7.14. The molecule has 5 heteroatoms. The molecule has 0 N–H and O–H groups in total. The van der Waals surface area contributed by atoms with Crippen LogP contribution in [0.2, 0.25) is 5.15 Å². The highest BCUT2D eigenvalue weighted by atomic mass is 35.5. The topological polar surface area (TPSA) is 29.0 Å². The van der Waals surface area contributed by atoms with E-state index < -0.39 is 0 Å². The van der Waals surface area contributed by atoms with Crippen LogP contribution in [0.5, 0.6) is 0 Å². The molecule has 2 aromatic rings. The van der Waals surface area contributed by atoms with Crippen molar-refractivity contribution >= 4 is 28.1 Å². The van der Waals surface area contributed by atoms with Gasteiger partial charge in [0.15, 0.2) is 5.13 Å². The molecule has 0 atom stereocenters. The van der Waals surface area contributed by atoms with Gasteiger partial charge in [-0.3, -0.25) is 4.98 Å². The molecule has 15 heavy (non-hydrogen) atoms. The Kier molecular flexibility index (Phi) is 3.18. The molecule has 0 aliphatic carbocycles. The van der Waals surface area contributed by atoms with E-state index in [4.69, 9.17) is 11.6 Å². The number of rotatable bonds is 3. The van der Waals surface area contributed by atoms with E-state index in [0.717, 1.165) is 17.4 Å². The minimum atomic E-state index is 0.544. The lowest BCUT2D eigenvalue weighted by Crippen LogP contribution is -2.16. The molecule has 0 fully saturated rings. The predicted molar refractivity (Wildman–Crippen MR) is 63.5 cm³/mol. The zero-order valence-corrected chi connectivity index (χ0v) is 9.79. The van der Waals surface area contributed by atoms with Gasteiger partial charge in [-0.15, -0.1) is 11.3 Å². The van der Waals surface area contributed by atoms with E-state index in [1.807, 2.05) is 35.5 Å². The van der Waals surface area contributed by atoms with Gasteiger partial charge in [0, 0.05) is 18.6 Å². The maximum atomic E-state index is 5.76. The molecule has 3 nitrogen and oxygen atoms in total. The lowest BCUT2D eigenvalue weighted by molar-refractivity contribution is 0.879. The van der Waals surface area contributed by atoms with Crippen LogP contribution >= 0.6 is 22.9 Å². The lowest BCUT2D eigenvalue weighted by atomic mass is 10.3. The molecule has 0 aliphatic heterocycles. The fourth-order valence-corrected chi connectivity index (χ4v) is 2.14. The second-order valence-corrected chi connectivity index (χ2v) is 4.35. The SMILES string of the molecule is CN(Cc1ccccn1)c1nc(Cl)cs1. The lowest BCUT2D eigenvalue weighted by Gasteiger charge is -2.14. The van der Waals surface area contributed by atoms with Gasteiger partial charge >= 0.3 is 0 Å². The largest absolute Gasteiger partial charge is 0.345 e. The fraction of sp³-hybridized carbons (Fsp3) is 0.200. The Morgan fingerprint density at radius 2 is 2.33 bits per heavy atom. The maximum absolute atomic E-state index is 5.76. The number of nitrogens with zero attached hydrogens (tertiary/aromatic N) is 3. The summed E-state index contributed by atoms with van der Waals surface area (Å²) in [5, 5.41) is 3.28. The van der Waals surface area contributed by atoms with Crippen molar-refractivity contribution in [3.05, 3.63) is 40.6 Å². The van der Waals surface area contributed by atoms with Crippen LogP contribution < -0.4 is 4.90 Å². The van der Waals surface area contributed by atoms with E-state index in [9.17, 15) is 0 Å². The average molecular weight is 240 g/mol. The molecule has 0 aliphatic rings. The van der Waals surface area contributed by atoms with Crippen molar-refractivity contribution in [3.8, 4) is 0 Å². The first-order chi connectivity index (χ1) is 7.25. The Labute approximate surface area is 97.4 Å². The minimum absolute atomic E-state index is 0.544. The van der Waals surface area contributed by atoms with Crippen molar-refractivity contribution in [2.24, 2.45) is 0 Å². The van der Waals surface area contributed by atoms with Crippen LogP contribution in [0.3, 0.4) is 0 Å². The highest BCUT2D eigenvalue weighted by Crippen LogP contribution is 2.22. The second-order valence-electron chi connectivity index (χ2n) is 3.13. The number of hydrogen-bond donors (Lipinski definition) is 0. The van der Waals surface area contributed by atoms with Crippen LogP contribution in [-0.4, -0.2) is 17.0 Å². The molecular weight excluding hydrogens is 230 g/mol. The molecule has 2 heterocycles. The van der Waals surface area contributed by atoms with Gasteiger partial charge in [-0.2, -0.15) is 0 Å². The van der Waals surface area contributed by atoms with E-state index in [0.29, 0.717) is 5.15 Å². The standard InChI is InChI=1S/C10H10ClN3S/c1-14(10-13-9(11)7-15-10)6-8-4-2-3-5-12-8/h2-5,7H,6H2,1H3. The summed E-state index contributed by atoms with van der Waals surface area (Å²) in [6.07, 6.45) is 1.79. The van der Waals surface area contributed by atoms with Crippen molar-refractivity contribution < 1.29 is 0 Å². The molecule has 0 radical (unpaired) electrons. The third-order valence-corrected chi connectivity index (χ3v) is 3.19. The number of thiazole rings is 1. The predicted octanol–water partition coefficient (Wildman–Crippen LogP) is 2.83. The molecule has 0 saturated carbocycles. The van der Waals surface area contributed by atoms with Gasteiger partial charge in [-0.05, 0) is 12.1 Å². The van der Waals surface area contributed by atoms with E-state index in [2.05, 4.69) is 9.97 Å². The fourth-order valence-electron chi connectivity index (χ4n) is 1.22. The van der Waals surface area contributed by atoms with Crippen molar-refractivity contribution in [2.75, 3.05) is 11.9 Å². The minimum Gasteiger partial charge on any atom is -0.345 e. The summed E-state index contributed by atoms with van der Waals surface area (Å²) in [6.45, 7) is 0.741. The summed E-state index contributed by atoms with van der Waals surface area (Å²) in [4.78, 5) is 10.5. The summed E-state index contributed by atoms with van der Waals surface area (Å²) < 4.78 is 0. The van der Waals surface area contributed by atoms with Gasteiger partial charge in [0.05, 0.1) is 12.2 Å². The zero-order valence-electron chi connectivity index (χ0n) is 8.22. The van der Waals surface area contributed by atoms with Crippen LogP contribution in [0, 0.1) is 0 Å². The molecular formula is C10H10ClN3S. The van der Waals surface area contributed by atoms with Crippen LogP contribution in [0.25, 0.3) is 0 Å². The molecule has 2 rings (SSSR count). The summed E-state index contributed by atoms with van der Waals surface area (Å²) in [7, 11) is 1.98. The number of anilines is 1. The first kappa shape index (κ1) is 10.4. The van der Waals surface area contributed by atoms with Crippen LogP contribution in [0.15, 0.2) is 29.8 Å². The number of hydrogen-bond acceptors (Lipinski definition) is 4. The Morgan fingerprint density at radius 1 is 1.47 bits per heavy atom. The monoisotopic (exact) mass is 239 g/mol. The average Bonchev–Trinajstić information content (AvgIpc) is 2.66. The molecule has 0 spiro atoms. The molecule has 78 valence electrons. The third kappa shape index (κ3) is 2.67. The van der Waals surface area contributed by atoms with Gasteiger partial charge in [-0.1, -0.05) is 17.7 Å². The van der Waals surface area contributed by atoms with E-state index in [1.165, 1.54) is 11.3 Å². The third-order valence-electron chi connectivity index (χ3n) is 1.92. The van der Waals surface area contributed by atoms with Crippen molar-refractivity contribution in [2.45, 2.75) is 6.54 Å². The van der Waals surface area contributed by atoms with Gasteiger partial charge in [0.2, 0.25) is 0 Å². The number of pyridine rings is 1. The Hall–Kier alpha value is -1.13. The Morgan fingerprint density at radius 3 is 2.93 bits per heavy atom. The van der Waals surface area contributed by atoms with Crippen molar-refractivity contribution in [3.63, 3.8) is 0 Å². The summed E-state index contributed by atoms with van der Waals surface area (Å²) in [5.41, 5.74) is 1.02. The highest BCUT2D eigenvalue weighted by Gasteiger charge is 2.06. The maximum Gasteiger partial charge on any atom is 0.186 e. The molecule has 0 unspecified atom stereocenters. The summed E-state index contributed by atoms with van der Waals surface area (Å²) in [5.74, 6) is 0. The van der Waals surface area contributed by atoms with Gasteiger partial charge < -0.3 is 4.90 Å². The number of halogens is 1. The van der Waals surface area contributed by atoms with Crippen LogP contribution in [0.1, 0.15) is 5.69 Å². The zero-order chi connectivity index (χ0) is 10.7. The summed E-state index contributed by atoms with van der Waals surface area (Å²) in [6, 6.07) is 5.88. The molecule has 2 aromatic heterocycles. The smallest absolute Gasteiger partial charge is 0.186 e.